The third-order valence-corrected chi connectivity index (χ3v) is 17.2. The van der Waals surface area contributed by atoms with Crippen LogP contribution in [0.2, 0.25) is 0 Å². The number of hydrogen-bond acceptors (Lipinski definition) is 10. The Labute approximate surface area is 502 Å². The zero-order chi connectivity index (χ0) is 61.4. The summed E-state index contributed by atoms with van der Waals surface area (Å²) in [5.41, 5.74) is 15.1. The number of rotatable bonds is 9. The quantitative estimate of drug-likeness (QED) is 0.141. The molecule has 4 aliphatic heterocycles. The van der Waals surface area contributed by atoms with E-state index < -0.39 is 42.7 Å². The summed E-state index contributed by atoms with van der Waals surface area (Å²) < 4.78 is 36.5. The molecule has 0 spiro atoms. The lowest BCUT2D eigenvalue weighted by Crippen LogP contribution is -2.41. The van der Waals surface area contributed by atoms with Crippen LogP contribution in [0.1, 0.15) is 170 Å². The monoisotopic (exact) mass is 1140 g/mol. The number of nitrogens with one attached hydrogen (secondary N) is 1. The molecule has 0 aliphatic carbocycles. The molecular weight excluding hydrogens is 1050 g/mol. The molecule has 0 radical (unpaired) electrons. The third-order valence-electron chi connectivity index (χ3n) is 17.2. The Balaban J connectivity index is 0.000000204. The van der Waals surface area contributed by atoms with Crippen molar-refractivity contribution >= 4 is 60.1 Å². The van der Waals surface area contributed by atoms with Crippen molar-refractivity contribution in [3.05, 3.63) is 155 Å². The summed E-state index contributed by atoms with van der Waals surface area (Å²) in [7, 11) is 3.45. The number of aryl methyl sites for hydroxylation is 1. The summed E-state index contributed by atoms with van der Waals surface area (Å²) in [6, 6.07) is 43.0. The van der Waals surface area contributed by atoms with Gasteiger partial charge in [0.2, 0.25) is 0 Å². The molecule has 444 valence electrons. The zero-order valence-corrected chi connectivity index (χ0v) is 53.8. The fourth-order valence-corrected chi connectivity index (χ4v) is 11.6. The fraction of sp³-hybridized carbons (Fsp3) is 0.457. The predicted octanol–water partition coefficient (Wildman–Crippen LogP) is 15.4. The van der Waals surface area contributed by atoms with E-state index in [2.05, 4.69) is 209 Å². The molecule has 2 amide bonds. The Morgan fingerprint density at radius 3 is 1.44 bits per heavy atom. The van der Waals surface area contributed by atoms with Crippen molar-refractivity contribution in [2.24, 2.45) is 5.92 Å². The average molecular weight is 1140 g/mol. The van der Waals surface area contributed by atoms with Gasteiger partial charge in [0.05, 0.1) is 34.5 Å². The van der Waals surface area contributed by atoms with Gasteiger partial charge >= 0.3 is 26.4 Å². The Kier molecular flexibility index (Phi) is 16.7. The second-order valence-electron chi connectivity index (χ2n) is 28.2. The summed E-state index contributed by atoms with van der Waals surface area (Å²) in [6.07, 6.45) is 0.214. The smallest absolute Gasteiger partial charge is 0.444 e. The van der Waals surface area contributed by atoms with Gasteiger partial charge in [-0.25, -0.2) is 9.59 Å². The largest absolute Gasteiger partial charge is 0.494 e. The molecule has 2 saturated heterocycles. The van der Waals surface area contributed by atoms with Crippen LogP contribution in [0.25, 0.3) is 22.3 Å². The van der Waals surface area contributed by atoms with Crippen LogP contribution in [0, 0.1) is 12.8 Å². The van der Waals surface area contributed by atoms with E-state index in [-0.39, 0.29) is 35.4 Å². The van der Waals surface area contributed by atoms with Crippen LogP contribution in [0.4, 0.5) is 32.3 Å². The summed E-state index contributed by atoms with van der Waals surface area (Å²) in [5, 5.41) is 2.89. The first-order chi connectivity index (χ1) is 39.0. The van der Waals surface area contributed by atoms with E-state index in [9.17, 15) is 9.59 Å². The second kappa shape index (κ2) is 22.7. The van der Waals surface area contributed by atoms with Crippen molar-refractivity contribution in [2.45, 2.75) is 190 Å². The van der Waals surface area contributed by atoms with Gasteiger partial charge in [0, 0.05) is 54.0 Å². The molecule has 4 heterocycles. The highest BCUT2D eigenvalue weighted by Gasteiger charge is 2.53. The lowest BCUT2D eigenvalue weighted by molar-refractivity contribution is 0.00578. The number of amides is 2. The lowest BCUT2D eigenvalue weighted by atomic mass is 9.77. The van der Waals surface area contributed by atoms with Crippen molar-refractivity contribution in [1.82, 2.24) is 0 Å². The highest BCUT2D eigenvalue weighted by atomic mass is 16.7. The van der Waals surface area contributed by atoms with Gasteiger partial charge < -0.3 is 37.9 Å². The van der Waals surface area contributed by atoms with Crippen molar-refractivity contribution < 1.29 is 37.7 Å². The normalized spacial score (nSPS) is 19.0. The molecule has 1 N–H and O–H groups in total. The molecule has 2 unspecified atom stereocenters. The van der Waals surface area contributed by atoms with Crippen molar-refractivity contribution in [2.75, 3.05) is 34.1 Å². The van der Waals surface area contributed by atoms with E-state index in [1.54, 1.807) is 4.90 Å². The van der Waals surface area contributed by atoms with Gasteiger partial charge in [-0.2, -0.15) is 0 Å². The topological polar surface area (TPSA) is 111 Å². The summed E-state index contributed by atoms with van der Waals surface area (Å²) in [6.45, 7) is 38.6. The SMILES string of the molecule is CC(C)Cc1ccc2c(c1)C(c1ccc(B3OC(C)(C)C(C)(C)O3)cc1)N(C)c1cc(N(C(=O)OC(C)(C)C)C(C)C)ccc1-2.Cc1ccc2c(c1)C(c1ccc(B3OC(C)(C)C(C)(C)O3)cc1)N(C)c1cc(NC(=O)OC(C)(C)C)ccc1-2. The van der Waals surface area contributed by atoms with E-state index >= 15 is 0 Å². The van der Waals surface area contributed by atoms with Gasteiger partial charge in [-0.15, -0.1) is 0 Å². The maximum atomic E-state index is 13.4. The maximum Gasteiger partial charge on any atom is 0.494 e. The standard InChI is InChI=1S/C38H51BN2O4.C32H39BN2O4/c1-24(2)21-26-13-19-30-31-20-18-29(41(25(3)4)35(42)43-36(5,6)7)23-33(31)40(12)34(32(30)22-26)27-14-16-28(17-15-27)39-44-37(8,9)38(10,11)45-39;1-20-10-16-24-25-17-15-23(34-29(36)37-30(2,3)4)19-27(25)35(9)28(26(24)18-20)21-11-13-22(14-12-21)33-38-31(5,6)32(7,8)39-33/h13-20,22-25,34H,21H2,1-12H3;10-19,28H,1-9H3,(H,34,36). The Hall–Kier alpha value is -6.57. The maximum absolute atomic E-state index is 13.4. The molecule has 14 heteroatoms. The highest BCUT2D eigenvalue weighted by molar-refractivity contribution is 6.62. The van der Waals surface area contributed by atoms with Crippen LogP contribution in [-0.2, 0) is 34.5 Å². The minimum absolute atomic E-state index is 0.00322. The molecule has 4 aliphatic rings. The van der Waals surface area contributed by atoms with Crippen molar-refractivity contribution in [3.63, 3.8) is 0 Å². The molecule has 6 aromatic rings. The van der Waals surface area contributed by atoms with Crippen molar-refractivity contribution in [1.29, 1.82) is 0 Å². The number of hydrogen-bond donors (Lipinski definition) is 1. The molecule has 2 atom stereocenters. The number of carbonyl (C=O) groups is 2. The van der Waals surface area contributed by atoms with Crippen LogP contribution in [0.15, 0.2) is 121 Å². The summed E-state index contributed by atoms with van der Waals surface area (Å²) in [5.74, 6) is 0.562. The number of anilines is 4. The van der Waals surface area contributed by atoms with Crippen LogP contribution < -0.4 is 30.9 Å². The Morgan fingerprint density at radius 2 is 0.988 bits per heavy atom. The lowest BCUT2D eigenvalue weighted by Gasteiger charge is -2.39. The first-order valence-electron chi connectivity index (χ1n) is 29.9. The average Bonchev–Trinajstić information content (AvgIpc) is 1.22. The third kappa shape index (κ3) is 12.7. The zero-order valence-electron chi connectivity index (χ0n) is 53.8. The number of nitrogens with zero attached hydrogens (tertiary/aromatic N) is 3. The molecule has 0 aromatic heterocycles. The Bertz CT molecular complexity index is 3380. The van der Waals surface area contributed by atoms with E-state index in [0.717, 1.165) is 45.5 Å². The molecule has 10 rings (SSSR count). The van der Waals surface area contributed by atoms with Crippen LogP contribution in [-0.4, -0.2) is 80.2 Å². The van der Waals surface area contributed by atoms with Gasteiger partial charge in [-0.3, -0.25) is 10.2 Å². The van der Waals surface area contributed by atoms with Crippen LogP contribution >= 0.6 is 0 Å². The van der Waals surface area contributed by atoms with Gasteiger partial charge in [0.25, 0.3) is 0 Å². The molecule has 0 bridgehead atoms. The molecule has 0 saturated carbocycles. The van der Waals surface area contributed by atoms with E-state index in [0.29, 0.717) is 11.6 Å². The van der Waals surface area contributed by atoms with Gasteiger partial charge in [-0.1, -0.05) is 116 Å². The predicted molar refractivity (Wildman–Crippen MR) is 346 cm³/mol. The molecule has 6 aromatic carbocycles. The van der Waals surface area contributed by atoms with Crippen molar-refractivity contribution in [3.8, 4) is 22.3 Å². The molecule has 84 heavy (non-hydrogen) atoms. The number of ether oxygens (including phenoxy) is 2. The molecular formula is C70H90B2N4O8. The van der Waals surface area contributed by atoms with Crippen LogP contribution in [0.5, 0.6) is 0 Å². The van der Waals surface area contributed by atoms with Gasteiger partial charge in [0.1, 0.15) is 11.2 Å². The molecule has 2 fully saturated rings. The number of benzene rings is 6. The van der Waals surface area contributed by atoms with Gasteiger partial charge in [-0.05, 0) is 204 Å². The first kappa shape index (κ1) is 62.0. The fourth-order valence-electron chi connectivity index (χ4n) is 11.6. The Morgan fingerprint density at radius 1 is 0.560 bits per heavy atom. The van der Waals surface area contributed by atoms with E-state index in [4.69, 9.17) is 28.1 Å². The number of carbonyl (C=O) groups excluding carboxylic acids is 2. The minimum atomic E-state index is -0.584. The van der Waals surface area contributed by atoms with Gasteiger partial charge in [0.15, 0.2) is 0 Å². The summed E-state index contributed by atoms with van der Waals surface area (Å²) in [4.78, 5) is 32.2. The van der Waals surface area contributed by atoms with Crippen LogP contribution in [0.3, 0.4) is 0 Å². The second-order valence-corrected chi connectivity index (χ2v) is 28.2. The first-order valence-corrected chi connectivity index (χ1v) is 29.9. The van der Waals surface area contributed by atoms with E-state index in [1.807, 2.05) is 73.6 Å². The number of fused-ring (bicyclic) bond motifs is 6. The minimum Gasteiger partial charge on any atom is -0.444 e. The summed E-state index contributed by atoms with van der Waals surface area (Å²) >= 11 is 0. The highest BCUT2D eigenvalue weighted by Crippen LogP contribution is 2.50. The molecule has 12 nitrogen and oxygen atoms in total. The van der Waals surface area contributed by atoms with E-state index in [1.165, 1.54) is 44.5 Å².